The molecule has 1 atom stereocenters. The molecular formula is C12H16ClFO. The molecule has 0 aromatic heterocycles. The molecular weight excluding hydrogens is 215 g/mol. The van der Waals surface area contributed by atoms with Crippen molar-refractivity contribution in [1.82, 2.24) is 0 Å². The minimum absolute atomic E-state index is 0.0924. The van der Waals surface area contributed by atoms with Gasteiger partial charge in [0.05, 0.1) is 11.1 Å². The van der Waals surface area contributed by atoms with Crippen LogP contribution in [-0.4, -0.2) is 5.11 Å². The molecule has 3 heteroatoms. The fourth-order valence-corrected chi connectivity index (χ4v) is 1.50. The van der Waals surface area contributed by atoms with Crippen LogP contribution in [0.1, 0.15) is 38.4 Å². The van der Waals surface area contributed by atoms with Gasteiger partial charge in [0.15, 0.2) is 0 Å². The number of halogens is 2. The van der Waals surface area contributed by atoms with Gasteiger partial charge >= 0.3 is 0 Å². The van der Waals surface area contributed by atoms with E-state index in [1.807, 2.05) is 0 Å². The molecule has 1 aromatic carbocycles. The second kappa shape index (κ2) is 5.47. The first kappa shape index (κ1) is 12.5. The van der Waals surface area contributed by atoms with Crippen LogP contribution in [0.2, 0.25) is 5.02 Å². The van der Waals surface area contributed by atoms with Gasteiger partial charge in [0.2, 0.25) is 0 Å². The molecule has 84 valence electrons. The zero-order chi connectivity index (χ0) is 11.4. The Morgan fingerprint density at radius 2 is 2.00 bits per heavy atom. The summed E-state index contributed by atoms with van der Waals surface area (Å²) in [5.74, 6) is 0.0644. The highest BCUT2D eigenvalue weighted by Gasteiger charge is 2.10. The molecule has 1 unspecified atom stereocenters. The van der Waals surface area contributed by atoms with E-state index in [1.165, 1.54) is 12.1 Å². The van der Waals surface area contributed by atoms with Crippen LogP contribution >= 0.6 is 11.6 Å². The van der Waals surface area contributed by atoms with Gasteiger partial charge < -0.3 is 5.11 Å². The first-order chi connectivity index (χ1) is 7.00. The lowest BCUT2D eigenvalue weighted by Gasteiger charge is -2.12. The first-order valence-electron chi connectivity index (χ1n) is 5.13. The number of aliphatic hydroxyl groups excluding tert-OH is 1. The highest BCUT2D eigenvalue weighted by Crippen LogP contribution is 2.24. The molecule has 1 N–H and O–H groups in total. The van der Waals surface area contributed by atoms with Gasteiger partial charge in [-0.15, -0.1) is 0 Å². The Morgan fingerprint density at radius 1 is 1.33 bits per heavy atom. The molecule has 0 aliphatic rings. The predicted molar refractivity (Wildman–Crippen MR) is 60.4 cm³/mol. The second-order valence-corrected chi connectivity index (χ2v) is 4.57. The summed E-state index contributed by atoms with van der Waals surface area (Å²) in [5, 5.41) is 9.87. The lowest BCUT2D eigenvalue weighted by molar-refractivity contribution is 0.159. The molecule has 0 fully saturated rings. The van der Waals surface area contributed by atoms with Crippen molar-refractivity contribution in [2.45, 2.75) is 32.8 Å². The topological polar surface area (TPSA) is 20.2 Å². The van der Waals surface area contributed by atoms with Crippen LogP contribution in [0.25, 0.3) is 0 Å². The molecule has 0 spiro atoms. The number of hydrogen-bond donors (Lipinski definition) is 1. The van der Waals surface area contributed by atoms with Crippen LogP contribution in [0.5, 0.6) is 0 Å². The molecule has 0 bridgehead atoms. The molecule has 0 heterocycles. The summed E-state index contributed by atoms with van der Waals surface area (Å²) in [5.41, 5.74) is 0.595. The number of benzene rings is 1. The molecule has 0 aliphatic heterocycles. The average Bonchev–Trinajstić information content (AvgIpc) is 2.18. The summed E-state index contributed by atoms with van der Waals surface area (Å²) in [7, 11) is 0. The van der Waals surface area contributed by atoms with E-state index in [1.54, 1.807) is 6.07 Å². The van der Waals surface area contributed by atoms with Crippen LogP contribution in [0, 0.1) is 11.7 Å². The van der Waals surface area contributed by atoms with Gasteiger partial charge in [-0.25, -0.2) is 4.39 Å². The Morgan fingerprint density at radius 3 is 2.53 bits per heavy atom. The van der Waals surface area contributed by atoms with Gasteiger partial charge in [-0.1, -0.05) is 31.5 Å². The molecule has 0 radical (unpaired) electrons. The molecule has 15 heavy (non-hydrogen) atoms. The number of rotatable bonds is 4. The standard InChI is InChI=1S/C12H16ClFO/c1-8(2)3-6-12(15)9-4-5-10(13)11(14)7-9/h4-5,7-8,12,15H,3,6H2,1-2H3. The van der Waals surface area contributed by atoms with Crippen molar-refractivity contribution in [3.8, 4) is 0 Å². The maximum atomic E-state index is 13.1. The largest absolute Gasteiger partial charge is 0.388 e. The highest BCUT2D eigenvalue weighted by atomic mass is 35.5. The van der Waals surface area contributed by atoms with E-state index in [0.29, 0.717) is 17.9 Å². The Balaban J connectivity index is 2.65. The van der Waals surface area contributed by atoms with Crippen molar-refractivity contribution in [2.24, 2.45) is 5.92 Å². The summed E-state index contributed by atoms with van der Waals surface area (Å²) in [6.45, 7) is 4.18. The van der Waals surface area contributed by atoms with Gasteiger partial charge in [-0.2, -0.15) is 0 Å². The van der Waals surface area contributed by atoms with E-state index >= 15 is 0 Å². The molecule has 0 saturated heterocycles. The van der Waals surface area contributed by atoms with Crippen molar-refractivity contribution in [1.29, 1.82) is 0 Å². The van der Waals surface area contributed by atoms with E-state index in [9.17, 15) is 9.50 Å². The second-order valence-electron chi connectivity index (χ2n) is 4.16. The summed E-state index contributed by atoms with van der Waals surface area (Å²) in [6, 6.07) is 4.44. The Kier molecular flexibility index (Phi) is 4.55. The summed E-state index contributed by atoms with van der Waals surface area (Å²) in [4.78, 5) is 0. The maximum Gasteiger partial charge on any atom is 0.142 e. The van der Waals surface area contributed by atoms with Gasteiger partial charge in [0, 0.05) is 0 Å². The predicted octanol–water partition coefficient (Wildman–Crippen LogP) is 3.95. The summed E-state index contributed by atoms with van der Waals surface area (Å²) in [6.07, 6.45) is 0.976. The lowest BCUT2D eigenvalue weighted by atomic mass is 10.00. The van der Waals surface area contributed by atoms with E-state index in [2.05, 4.69) is 13.8 Å². The zero-order valence-electron chi connectivity index (χ0n) is 9.00. The van der Waals surface area contributed by atoms with E-state index < -0.39 is 11.9 Å². The van der Waals surface area contributed by atoms with Crippen LogP contribution in [-0.2, 0) is 0 Å². The number of aliphatic hydroxyl groups is 1. The smallest absolute Gasteiger partial charge is 0.142 e. The summed E-state index contributed by atoms with van der Waals surface area (Å²) < 4.78 is 13.1. The third-order valence-electron chi connectivity index (χ3n) is 2.35. The lowest BCUT2D eigenvalue weighted by Crippen LogP contribution is -2.00. The van der Waals surface area contributed by atoms with Crippen molar-refractivity contribution in [3.05, 3.63) is 34.6 Å². The van der Waals surface area contributed by atoms with E-state index in [0.717, 1.165) is 6.42 Å². The van der Waals surface area contributed by atoms with Crippen molar-refractivity contribution in [3.63, 3.8) is 0 Å². The monoisotopic (exact) mass is 230 g/mol. The third kappa shape index (κ3) is 3.80. The summed E-state index contributed by atoms with van der Waals surface area (Å²) >= 11 is 5.56. The van der Waals surface area contributed by atoms with Crippen LogP contribution in [0.4, 0.5) is 4.39 Å². The third-order valence-corrected chi connectivity index (χ3v) is 2.65. The van der Waals surface area contributed by atoms with Gasteiger partial charge in [0.1, 0.15) is 5.82 Å². The normalized spacial score (nSPS) is 13.2. The van der Waals surface area contributed by atoms with Crippen molar-refractivity contribution < 1.29 is 9.50 Å². The van der Waals surface area contributed by atoms with Gasteiger partial charge in [0.25, 0.3) is 0 Å². The maximum absolute atomic E-state index is 13.1. The molecule has 0 aliphatic carbocycles. The zero-order valence-corrected chi connectivity index (χ0v) is 9.76. The van der Waals surface area contributed by atoms with Crippen molar-refractivity contribution in [2.75, 3.05) is 0 Å². The fourth-order valence-electron chi connectivity index (χ4n) is 1.38. The van der Waals surface area contributed by atoms with Gasteiger partial charge in [-0.3, -0.25) is 0 Å². The van der Waals surface area contributed by atoms with Crippen LogP contribution in [0.15, 0.2) is 18.2 Å². The van der Waals surface area contributed by atoms with E-state index in [4.69, 9.17) is 11.6 Å². The molecule has 1 nitrogen and oxygen atoms in total. The van der Waals surface area contributed by atoms with Crippen molar-refractivity contribution >= 4 is 11.6 Å². The quantitative estimate of drug-likeness (QED) is 0.831. The van der Waals surface area contributed by atoms with Crippen LogP contribution < -0.4 is 0 Å². The Labute approximate surface area is 94.9 Å². The van der Waals surface area contributed by atoms with Crippen LogP contribution in [0.3, 0.4) is 0 Å². The minimum atomic E-state index is -0.598. The molecule has 1 rings (SSSR count). The molecule has 0 amide bonds. The first-order valence-corrected chi connectivity index (χ1v) is 5.51. The average molecular weight is 231 g/mol. The molecule has 1 aromatic rings. The Bertz CT molecular complexity index is 325. The van der Waals surface area contributed by atoms with Gasteiger partial charge in [-0.05, 0) is 36.5 Å². The van der Waals surface area contributed by atoms with E-state index in [-0.39, 0.29) is 5.02 Å². The highest BCUT2D eigenvalue weighted by molar-refractivity contribution is 6.30. The Hall–Kier alpha value is -0.600. The SMILES string of the molecule is CC(C)CCC(O)c1ccc(Cl)c(F)c1. The number of hydrogen-bond acceptors (Lipinski definition) is 1. The minimum Gasteiger partial charge on any atom is -0.388 e. The molecule has 0 saturated carbocycles. The fraction of sp³-hybridized carbons (Fsp3) is 0.500.